The molecule has 2 amide bonds. The molecule has 3 N–H and O–H groups in total. The van der Waals surface area contributed by atoms with Crippen LogP contribution in [0.25, 0.3) is 0 Å². The molecule has 13 nitrogen and oxygen atoms in total. The number of nitrogens with zero attached hydrogens (tertiary/aromatic N) is 1. The van der Waals surface area contributed by atoms with E-state index in [1.165, 1.54) is 6.92 Å². The molecule has 208 valence electrons. The quantitative estimate of drug-likeness (QED) is 0.156. The van der Waals surface area contributed by atoms with Gasteiger partial charge < -0.3 is 15.4 Å². The Kier molecular flexibility index (Phi) is 10.9. The predicted octanol–water partition coefficient (Wildman–Crippen LogP) is 2.29. The Bertz CT molecular complexity index is 1040. The fourth-order valence-corrected chi connectivity index (χ4v) is 4.99. The number of carbonyl (C=O) groups excluding carboxylic acids is 4. The molecule has 1 fully saturated rings. The molecule has 1 aromatic heterocycles. The van der Waals surface area contributed by atoms with Crippen LogP contribution in [0.1, 0.15) is 64.1 Å². The SMILES string of the molecule is CC(=O)SCCNC(=O)CCNC(=O)[C@@H]1O[P@](=O)(OCOC(=O)c2cc(C(C)(C)C)n[nH]2)OCC1(C)C. The Morgan fingerprint density at radius 3 is 2.57 bits per heavy atom. The number of thioether (sulfide) groups is 1. The number of rotatable bonds is 11. The average molecular weight is 563 g/mol. The summed E-state index contributed by atoms with van der Waals surface area (Å²) in [5.74, 6) is -1.21. The molecule has 0 saturated carbocycles. The number of amides is 2. The van der Waals surface area contributed by atoms with Gasteiger partial charge in [0.15, 0.2) is 11.2 Å². The third-order valence-electron chi connectivity index (χ3n) is 5.12. The number of nitrogens with one attached hydrogen (secondary N) is 3. The zero-order valence-electron chi connectivity index (χ0n) is 21.9. The number of ether oxygens (including phenoxy) is 1. The van der Waals surface area contributed by atoms with Gasteiger partial charge in [0.2, 0.25) is 18.6 Å². The molecule has 0 aliphatic carbocycles. The minimum Gasteiger partial charge on any atom is -0.433 e. The third kappa shape index (κ3) is 9.86. The van der Waals surface area contributed by atoms with Crippen molar-refractivity contribution in [3.05, 3.63) is 17.5 Å². The summed E-state index contributed by atoms with van der Waals surface area (Å²) in [6.07, 6.45) is -1.20. The Balaban J connectivity index is 1.82. The zero-order valence-corrected chi connectivity index (χ0v) is 23.6. The summed E-state index contributed by atoms with van der Waals surface area (Å²) in [5.41, 5.74) is -0.379. The molecule has 1 aromatic rings. The van der Waals surface area contributed by atoms with E-state index in [0.717, 1.165) is 11.8 Å². The molecular weight excluding hydrogens is 527 g/mol. The van der Waals surface area contributed by atoms with Crippen LogP contribution in [0, 0.1) is 5.41 Å². The highest BCUT2D eigenvalue weighted by Crippen LogP contribution is 2.57. The molecule has 2 atom stereocenters. The highest BCUT2D eigenvalue weighted by molar-refractivity contribution is 8.13. The smallest absolute Gasteiger partial charge is 0.433 e. The number of phosphoric acid groups is 1. The molecule has 1 aliphatic rings. The molecule has 2 rings (SSSR count). The Morgan fingerprint density at radius 2 is 1.95 bits per heavy atom. The second-order valence-electron chi connectivity index (χ2n) is 10.0. The van der Waals surface area contributed by atoms with E-state index in [-0.39, 0.29) is 41.7 Å². The highest BCUT2D eigenvalue weighted by Gasteiger charge is 2.49. The van der Waals surface area contributed by atoms with E-state index in [4.69, 9.17) is 18.3 Å². The maximum absolute atomic E-state index is 12.9. The zero-order chi connectivity index (χ0) is 27.9. The first-order valence-corrected chi connectivity index (χ1v) is 14.1. The fourth-order valence-electron chi connectivity index (χ4n) is 2.99. The topological polar surface area (TPSA) is 175 Å². The van der Waals surface area contributed by atoms with E-state index in [9.17, 15) is 23.7 Å². The van der Waals surface area contributed by atoms with Gasteiger partial charge in [0.25, 0.3) is 0 Å². The first kappa shape index (κ1) is 31.0. The van der Waals surface area contributed by atoms with Crippen LogP contribution < -0.4 is 10.6 Å². The third-order valence-corrected chi connectivity index (χ3v) is 7.28. The van der Waals surface area contributed by atoms with E-state index in [1.807, 2.05) is 20.8 Å². The summed E-state index contributed by atoms with van der Waals surface area (Å²) < 4.78 is 33.6. The predicted molar refractivity (Wildman–Crippen MR) is 135 cm³/mol. The number of hydrogen-bond donors (Lipinski definition) is 3. The van der Waals surface area contributed by atoms with Crippen molar-refractivity contribution in [2.24, 2.45) is 5.41 Å². The summed E-state index contributed by atoms with van der Waals surface area (Å²) >= 11 is 1.11. The van der Waals surface area contributed by atoms with Crippen LogP contribution in [0.4, 0.5) is 0 Å². The average Bonchev–Trinajstić information content (AvgIpc) is 3.30. The van der Waals surface area contributed by atoms with Crippen molar-refractivity contribution in [3.63, 3.8) is 0 Å². The van der Waals surface area contributed by atoms with E-state index in [2.05, 4.69) is 20.8 Å². The monoisotopic (exact) mass is 562 g/mol. The van der Waals surface area contributed by atoms with Crippen LogP contribution in [-0.2, 0) is 42.7 Å². The van der Waals surface area contributed by atoms with Crippen molar-refractivity contribution < 1.29 is 42.1 Å². The van der Waals surface area contributed by atoms with Crippen LogP contribution in [0.3, 0.4) is 0 Å². The van der Waals surface area contributed by atoms with Crippen LogP contribution in [0.2, 0.25) is 0 Å². The Morgan fingerprint density at radius 1 is 1.24 bits per heavy atom. The second-order valence-corrected chi connectivity index (χ2v) is 12.9. The van der Waals surface area contributed by atoms with Crippen molar-refractivity contribution in [2.45, 2.75) is 59.5 Å². The van der Waals surface area contributed by atoms with Gasteiger partial charge in [-0.25, -0.2) is 13.9 Å². The number of aromatic nitrogens is 2. The molecule has 0 bridgehead atoms. The largest absolute Gasteiger partial charge is 0.478 e. The summed E-state index contributed by atoms with van der Waals surface area (Å²) in [4.78, 5) is 47.7. The van der Waals surface area contributed by atoms with E-state index >= 15 is 0 Å². The number of H-pyrrole nitrogens is 1. The van der Waals surface area contributed by atoms with Gasteiger partial charge in [-0.1, -0.05) is 46.4 Å². The fraction of sp³-hybridized carbons (Fsp3) is 0.682. The van der Waals surface area contributed by atoms with Gasteiger partial charge in [0.05, 0.1) is 12.3 Å². The number of carbonyl (C=O) groups is 4. The lowest BCUT2D eigenvalue weighted by Crippen LogP contribution is -2.50. The van der Waals surface area contributed by atoms with Crippen LogP contribution in [-0.4, -0.2) is 71.4 Å². The number of phosphoric ester groups is 1. The van der Waals surface area contributed by atoms with Crippen molar-refractivity contribution in [1.29, 1.82) is 0 Å². The Hall–Kier alpha value is -2.25. The van der Waals surface area contributed by atoms with E-state index in [1.54, 1.807) is 19.9 Å². The van der Waals surface area contributed by atoms with Gasteiger partial charge in [0.1, 0.15) is 5.69 Å². The maximum Gasteiger partial charge on any atom is 0.478 e. The van der Waals surface area contributed by atoms with Crippen LogP contribution in [0.15, 0.2) is 6.07 Å². The van der Waals surface area contributed by atoms with E-state index < -0.39 is 38.0 Å². The van der Waals surface area contributed by atoms with Gasteiger partial charge >= 0.3 is 13.8 Å². The summed E-state index contributed by atoms with van der Waals surface area (Å²) in [6, 6.07) is 1.55. The standard InChI is InChI=1S/C22H35N4O9PS/c1-14(27)37-10-9-23-17(28)7-8-24-19(29)18-22(5,6)12-33-36(31,35-18)34-13-32-20(30)15-11-16(26-25-15)21(2,3)4/h11,18H,7-10,12-13H2,1-6H3,(H,23,28)(H,24,29)(H,25,26)/t18-,36-/m0/s1. The number of aromatic amines is 1. The summed E-state index contributed by atoms with van der Waals surface area (Å²) in [5, 5.41) is 11.8. The van der Waals surface area contributed by atoms with Crippen molar-refractivity contribution in [1.82, 2.24) is 20.8 Å². The van der Waals surface area contributed by atoms with Gasteiger partial charge in [0, 0.05) is 43.0 Å². The maximum atomic E-state index is 12.9. The van der Waals surface area contributed by atoms with Gasteiger partial charge in [-0.15, -0.1) is 0 Å². The summed E-state index contributed by atoms with van der Waals surface area (Å²) in [7, 11) is -4.22. The number of esters is 1. The van der Waals surface area contributed by atoms with Crippen molar-refractivity contribution in [3.8, 4) is 0 Å². The summed E-state index contributed by atoms with van der Waals surface area (Å²) in [6.45, 7) is 10.1. The molecule has 0 unspecified atom stereocenters. The molecule has 1 aliphatic heterocycles. The lowest BCUT2D eigenvalue weighted by molar-refractivity contribution is -0.143. The highest BCUT2D eigenvalue weighted by atomic mass is 32.2. The van der Waals surface area contributed by atoms with Crippen LogP contribution in [0.5, 0.6) is 0 Å². The lowest BCUT2D eigenvalue weighted by Gasteiger charge is -2.39. The molecule has 0 aromatic carbocycles. The van der Waals surface area contributed by atoms with Gasteiger partial charge in [-0.2, -0.15) is 5.10 Å². The number of hydrogen-bond acceptors (Lipinski definition) is 11. The molecule has 15 heteroatoms. The first-order valence-electron chi connectivity index (χ1n) is 11.6. The molecule has 37 heavy (non-hydrogen) atoms. The van der Waals surface area contributed by atoms with Gasteiger partial charge in [-0.05, 0) is 6.07 Å². The van der Waals surface area contributed by atoms with E-state index in [0.29, 0.717) is 18.0 Å². The lowest BCUT2D eigenvalue weighted by atomic mass is 9.87. The van der Waals surface area contributed by atoms with Crippen LogP contribution >= 0.6 is 19.6 Å². The van der Waals surface area contributed by atoms with Crippen molar-refractivity contribution in [2.75, 3.05) is 32.2 Å². The Labute approximate surface area is 220 Å². The normalized spacial score (nSPS) is 21.2. The molecular formula is C22H35N4O9PS. The minimum atomic E-state index is -4.22. The molecule has 2 heterocycles. The first-order chi connectivity index (χ1) is 17.1. The second kappa shape index (κ2) is 13.0. The minimum absolute atomic E-state index is 0.00870. The molecule has 1 saturated heterocycles. The van der Waals surface area contributed by atoms with Crippen molar-refractivity contribution >= 4 is 42.5 Å². The molecule has 0 spiro atoms. The van der Waals surface area contributed by atoms with Gasteiger partial charge in [-0.3, -0.25) is 28.5 Å². The molecule has 0 radical (unpaired) electrons.